The van der Waals surface area contributed by atoms with Crippen LogP contribution in [-0.2, 0) is 4.74 Å². The molecule has 1 unspecified atom stereocenters. The van der Waals surface area contributed by atoms with E-state index in [0.717, 1.165) is 12.8 Å². The second-order valence-electron chi connectivity index (χ2n) is 5.28. The van der Waals surface area contributed by atoms with Crippen LogP contribution in [0.4, 0.5) is 5.69 Å². The van der Waals surface area contributed by atoms with Crippen molar-refractivity contribution < 1.29 is 9.53 Å². The number of nitrogens with two attached hydrogens (primary N) is 1. The van der Waals surface area contributed by atoms with Crippen molar-refractivity contribution in [3.05, 3.63) is 18.0 Å². The Hall–Kier alpha value is -1.49. The van der Waals surface area contributed by atoms with E-state index in [1.165, 1.54) is 0 Å². The third-order valence-corrected chi connectivity index (χ3v) is 2.95. The number of likely N-dealkylation sites (N-methyl/N-ethyl adjacent to an activating group) is 1. The highest BCUT2D eigenvalue weighted by Gasteiger charge is 2.28. The summed E-state index contributed by atoms with van der Waals surface area (Å²) >= 11 is 0. The zero-order valence-corrected chi connectivity index (χ0v) is 11.2. The standard InChI is InChI=1S/C13H21N3O2/c1-9(7-15(2)3)18-13(17)12-6-10(14)8-16(12)11-4-5-11/h6,8-9,11H,4-5,7,14H2,1-3H3. The summed E-state index contributed by atoms with van der Waals surface area (Å²) in [6.07, 6.45) is 3.92. The van der Waals surface area contributed by atoms with Crippen molar-refractivity contribution >= 4 is 11.7 Å². The topological polar surface area (TPSA) is 60.5 Å². The lowest BCUT2D eigenvalue weighted by Gasteiger charge is -2.18. The Bertz CT molecular complexity index is 435. The quantitative estimate of drug-likeness (QED) is 0.806. The summed E-state index contributed by atoms with van der Waals surface area (Å²) in [5.41, 5.74) is 6.95. The van der Waals surface area contributed by atoms with E-state index in [0.29, 0.717) is 24.0 Å². The molecule has 0 saturated heterocycles. The largest absolute Gasteiger partial charge is 0.457 e. The van der Waals surface area contributed by atoms with Crippen molar-refractivity contribution in [3.63, 3.8) is 0 Å². The van der Waals surface area contributed by atoms with Crippen molar-refractivity contribution in [1.29, 1.82) is 0 Å². The van der Waals surface area contributed by atoms with Gasteiger partial charge in [-0.25, -0.2) is 4.79 Å². The molecule has 1 aromatic heterocycles. The van der Waals surface area contributed by atoms with Crippen molar-refractivity contribution in [3.8, 4) is 0 Å². The van der Waals surface area contributed by atoms with Crippen molar-refractivity contribution in [2.24, 2.45) is 0 Å². The van der Waals surface area contributed by atoms with E-state index >= 15 is 0 Å². The number of carbonyl (C=O) groups is 1. The van der Waals surface area contributed by atoms with Crippen LogP contribution in [0.25, 0.3) is 0 Å². The fourth-order valence-electron chi connectivity index (χ4n) is 2.11. The summed E-state index contributed by atoms with van der Waals surface area (Å²) in [6.45, 7) is 2.61. The van der Waals surface area contributed by atoms with Gasteiger partial charge in [-0.05, 0) is 39.9 Å². The van der Waals surface area contributed by atoms with Gasteiger partial charge in [-0.2, -0.15) is 0 Å². The van der Waals surface area contributed by atoms with Gasteiger partial charge in [-0.15, -0.1) is 0 Å². The van der Waals surface area contributed by atoms with E-state index in [1.807, 2.05) is 36.7 Å². The molecular weight excluding hydrogens is 230 g/mol. The molecule has 1 saturated carbocycles. The van der Waals surface area contributed by atoms with E-state index < -0.39 is 0 Å². The van der Waals surface area contributed by atoms with E-state index in [2.05, 4.69) is 0 Å². The van der Waals surface area contributed by atoms with Crippen LogP contribution in [0.2, 0.25) is 0 Å². The Kier molecular flexibility index (Phi) is 3.61. The van der Waals surface area contributed by atoms with Gasteiger partial charge < -0.3 is 19.9 Å². The highest BCUT2D eigenvalue weighted by atomic mass is 16.5. The van der Waals surface area contributed by atoms with Crippen LogP contribution >= 0.6 is 0 Å². The van der Waals surface area contributed by atoms with Crippen LogP contribution in [0.3, 0.4) is 0 Å². The molecule has 0 spiro atoms. The number of hydrogen-bond acceptors (Lipinski definition) is 4. The summed E-state index contributed by atoms with van der Waals surface area (Å²) in [4.78, 5) is 14.1. The predicted molar refractivity (Wildman–Crippen MR) is 70.5 cm³/mol. The van der Waals surface area contributed by atoms with E-state index in [4.69, 9.17) is 10.5 Å². The second-order valence-corrected chi connectivity index (χ2v) is 5.28. The van der Waals surface area contributed by atoms with Crippen molar-refractivity contribution in [1.82, 2.24) is 9.47 Å². The molecule has 0 aliphatic heterocycles. The molecule has 5 nitrogen and oxygen atoms in total. The Morgan fingerprint density at radius 3 is 2.83 bits per heavy atom. The number of aromatic nitrogens is 1. The van der Waals surface area contributed by atoms with Crippen LogP contribution in [-0.4, -0.2) is 42.2 Å². The summed E-state index contributed by atoms with van der Waals surface area (Å²) in [5.74, 6) is -0.284. The van der Waals surface area contributed by atoms with Gasteiger partial charge in [0.25, 0.3) is 0 Å². The number of nitrogens with zero attached hydrogens (tertiary/aromatic N) is 2. The number of esters is 1. The number of ether oxygens (including phenoxy) is 1. The molecule has 100 valence electrons. The molecule has 1 aliphatic carbocycles. The Morgan fingerprint density at radius 1 is 1.61 bits per heavy atom. The maximum Gasteiger partial charge on any atom is 0.355 e. The molecule has 1 aliphatic rings. The molecule has 1 heterocycles. The van der Waals surface area contributed by atoms with Gasteiger partial charge in [-0.3, -0.25) is 0 Å². The molecule has 2 rings (SSSR count). The molecule has 1 fully saturated rings. The number of anilines is 1. The highest BCUT2D eigenvalue weighted by molar-refractivity contribution is 5.89. The van der Waals surface area contributed by atoms with Gasteiger partial charge in [0.1, 0.15) is 11.8 Å². The molecule has 2 N–H and O–H groups in total. The summed E-state index contributed by atoms with van der Waals surface area (Å²) in [5, 5.41) is 0. The van der Waals surface area contributed by atoms with Gasteiger partial charge >= 0.3 is 5.97 Å². The Labute approximate surface area is 108 Å². The van der Waals surface area contributed by atoms with Gasteiger partial charge in [0, 0.05) is 18.8 Å². The predicted octanol–water partition coefficient (Wildman–Crippen LogP) is 1.51. The van der Waals surface area contributed by atoms with Gasteiger partial charge in [0.05, 0.1) is 5.69 Å². The van der Waals surface area contributed by atoms with Crippen LogP contribution < -0.4 is 5.73 Å². The first-order valence-electron chi connectivity index (χ1n) is 6.30. The second kappa shape index (κ2) is 5.02. The molecule has 1 aromatic rings. The fourth-order valence-corrected chi connectivity index (χ4v) is 2.11. The van der Waals surface area contributed by atoms with E-state index in [-0.39, 0.29) is 12.1 Å². The van der Waals surface area contributed by atoms with Gasteiger partial charge in [0.15, 0.2) is 0 Å². The minimum absolute atomic E-state index is 0.128. The maximum atomic E-state index is 12.1. The van der Waals surface area contributed by atoms with E-state index in [1.54, 1.807) is 6.07 Å². The zero-order chi connectivity index (χ0) is 13.3. The lowest BCUT2D eigenvalue weighted by Crippen LogP contribution is -2.28. The highest BCUT2D eigenvalue weighted by Crippen LogP contribution is 2.37. The number of carbonyl (C=O) groups excluding carboxylic acids is 1. The maximum absolute atomic E-state index is 12.1. The molecule has 1 atom stereocenters. The fraction of sp³-hybridized carbons (Fsp3) is 0.615. The third-order valence-electron chi connectivity index (χ3n) is 2.95. The third kappa shape index (κ3) is 3.04. The number of hydrogen-bond donors (Lipinski definition) is 1. The zero-order valence-electron chi connectivity index (χ0n) is 11.2. The lowest BCUT2D eigenvalue weighted by molar-refractivity contribution is 0.0276. The normalized spacial score (nSPS) is 16.9. The Morgan fingerprint density at radius 2 is 2.28 bits per heavy atom. The monoisotopic (exact) mass is 251 g/mol. The van der Waals surface area contributed by atoms with Crippen LogP contribution in [0, 0.1) is 0 Å². The molecular formula is C13H21N3O2. The number of rotatable bonds is 5. The molecule has 0 radical (unpaired) electrons. The van der Waals surface area contributed by atoms with Crippen LogP contribution in [0.5, 0.6) is 0 Å². The van der Waals surface area contributed by atoms with Crippen LogP contribution in [0.1, 0.15) is 36.3 Å². The molecule has 5 heteroatoms. The lowest BCUT2D eigenvalue weighted by atomic mass is 10.3. The van der Waals surface area contributed by atoms with Crippen LogP contribution in [0.15, 0.2) is 12.3 Å². The summed E-state index contributed by atoms with van der Waals surface area (Å²) in [7, 11) is 3.91. The minimum atomic E-state index is -0.284. The average Bonchev–Trinajstić information content (AvgIpc) is 3.00. The average molecular weight is 251 g/mol. The Balaban J connectivity index is 2.04. The SMILES string of the molecule is CC(CN(C)C)OC(=O)c1cc(N)cn1C1CC1. The summed E-state index contributed by atoms with van der Waals surface area (Å²) < 4.78 is 7.37. The molecule has 0 amide bonds. The van der Waals surface area contributed by atoms with Gasteiger partial charge in [0.2, 0.25) is 0 Å². The minimum Gasteiger partial charge on any atom is -0.457 e. The first-order valence-corrected chi connectivity index (χ1v) is 6.30. The van der Waals surface area contributed by atoms with Gasteiger partial charge in [-0.1, -0.05) is 0 Å². The molecule has 0 bridgehead atoms. The van der Waals surface area contributed by atoms with E-state index in [9.17, 15) is 4.79 Å². The molecule has 0 aromatic carbocycles. The van der Waals surface area contributed by atoms with Crippen molar-refractivity contribution in [2.75, 3.05) is 26.4 Å². The smallest absolute Gasteiger partial charge is 0.355 e. The first kappa shape index (κ1) is 13.0. The number of nitrogen functional groups attached to an aromatic ring is 1. The van der Waals surface area contributed by atoms with Crippen molar-refractivity contribution in [2.45, 2.75) is 31.9 Å². The first-order chi connectivity index (χ1) is 8.47. The summed E-state index contributed by atoms with van der Waals surface area (Å²) in [6, 6.07) is 2.12. The molecule has 18 heavy (non-hydrogen) atoms.